The second-order valence-corrected chi connectivity index (χ2v) is 3.77. The number of aromatic nitrogens is 4. The summed E-state index contributed by atoms with van der Waals surface area (Å²) >= 11 is 0. The molecule has 0 bridgehead atoms. The van der Waals surface area contributed by atoms with E-state index in [1.165, 1.54) is 12.4 Å². The van der Waals surface area contributed by atoms with Gasteiger partial charge in [-0.05, 0) is 6.92 Å². The maximum atomic E-state index is 11.8. The van der Waals surface area contributed by atoms with E-state index >= 15 is 0 Å². The molecule has 2 aromatic rings. The van der Waals surface area contributed by atoms with Gasteiger partial charge in [0.2, 0.25) is 0 Å². The number of nitrogens with one attached hydrogen (secondary N) is 2. The Morgan fingerprint density at radius 3 is 2.79 bits per heavy atom. The molecule has 0 fully saturated rings. The first-order valence-corrected chi connectivity index (χ1v) is 5.53. The van der Waals surface area contributed by atoms with Crippen LogP contribution in [-0.4, -0.2) is 25.8 Å². The number of hydrogen-bond acceptors (Lipinski definition) is 7. The molecule has 4 N–H and O–H groups in total. The molecule has 2 heterocycles. The number of amides is 1. The van der Waals surface area contributed by atoms with Gasteiger partial charge in [0, 0.05) is 6.20 Å². The molecule has 0 saturated carbocycles. The molecule has 2 rings (SSSR count). The van der Waals surface area contributed by atoms with Crippen LogP contribution in [0.25, 0.3) is 0 Å². The second-order valence-electron chi connectivity index (χ2n) is 3.77. The third-order valence-corrected chi connectivity index (χ3v) is 2.28. The quantitative estimate of drug-likeness (QED) is 0.513. The highest BCUT2D eigenvalue weighted by Crippen LogP contribution is 2.00. The number of anilines is 1. The van der Waals surface area contributed by atoms with E-state index in [4.69, 9.17) is 5.84 Å². The Kier molecular flexibility index (Phi) is 3.94. The molecule has 0 aromatic carbocycles. The number of nitrogens with zero attached hydrogens (tertiary/aromatic N) is 4. The Balaban J connectivity index is 1.99. The number of carbonyl (C=O) groups excluding carboxylic acids is 1. The topological polar surface area (TPSA) is 119 Å². The van der Waals surface area contributed by atoms with E-state index in [9.17, 15) is 4.79 Å². The van der Waals surface area contributed by atoms with Gasteiger partial charge >= 0.3 is 0 Å². The number of aryl methyl sites for hydroxylation is 1. The highest BCUT2D eigenvalue weighted by atomic mass is 16.1. The van der Waals surface area contributed by atoms with Crippen LogP contribution in [0.15, 0.2) is 24.8 Å². The van der Waals surface area contributed by atoms with Gasteiger partial charge < -0.3 is 10.7 Å². The minimum Gasteiger partial charge on any atom is -0.345 e. The average molecular weight is 259 g/mol. The zero-order valence-corrected chi connectivity index (χ0v) is 10.3. The summed E-state index contributed by atoms with van der Waals surface area (Å²) in [6.45, 7) is 2.12. The standard InChI is InChI=1S/C11H13N7O/c1-7-2-15-8(3-14-7)4-16-11(19)9-5-13-6-10(17-9)18-12/h2-3,5-6H,4,12H2,1H3,(H,16,19)(H,17,18). The fraction of sp³-hybridized carbons (Fsp3) is 0.182. The van der Waals surface area contributed by atoms with E-state index in [2.05, 4.69) is 30.7 Å². The largest absolute Gasteiger partial charge is 0.345 e. The molecule has 0 radical (unpaired) electrons. The number of nitrogens with two attached hydrogens (primary N) is 1. The Hall–Kier alpha value is -2.61. The molecule has 2 aromatic heterocycles. The van der Waals surface area contributed by atoms with Crippen molar-refractivity contribution in [3.63, 3.8) is 0 Å². The second kappa shape index (κ2) is 5.83. The van der Waals surface area contributed by atoms with Gasteiger partial charge in [0.1, 0.15) is 5.69 Å². The van der Waals surface area contributed by atoms with Gasteiger partial charge in [0.25, 0.3) is 5.91 Å². The van der Waals surface area contributed by atoms with Crippen LogP contribution in [0.3, 0.4) is 0 Å². The highest BCUT2D eigenvalue weighted by molar-refractivity contribution is 5.92. The van der Waals surface area contributed by atoms with Crippen molar-refractivity contribution in [3.8, 4) is 0 Å². The highest BCUT2D eigenvalue weighted by Gasteiger charge is 2.08. The molecular weight excluding hydrogens is 246 g/mol. The van der Waals surface area contributed by atoms with Crippen LogP contribution in [0.4, 0.5) is 5.82 Å². The van der Waals surface area contributed by atoms with Gasteiger partial charge in [0.15, 0.2) is 5.82 Å². The molecule has 0 spiro atoms. The van der Waals surface area contributed by atoms with E-state index in [0.29, 0.717) is 11.5 Å². The lowest BCUT2D eigenvalue weighted by Crippen LogP contribution is -2.25. The zero-order chi connectivity index (χ0) is 13.7. The lowest BCUT2D eigenvalue weighted by molar-refractivity contribution is 0.0945. The van der Waals surface area contributed by atoms with Crippen LogP contribution in [0.2, 0.25) is 0 Å². The van der Waals surface area contributed by atoms with Gasteiger partial charge in [-0.25, -0.2) is 10.8 Å². The summed E-state index contributed by atoms with van der Waals surface area (Å²) in [6, 6.07) is 0. The van der Waals surface area contributed by atoms with Gasteiger partial charge in [-0.2, -0.15) is 0 Å². The predicted octanol–water partition coefficient (Wildman–Crippen LogP) is -0.209. The molecule has 0 aliphatic carbocycles. The van der Waals surface area contributed by atoms with Crippen molar-refractivity contribution in [2.45, 2.75) is 13.5 Å². The van der Waals surface area contributed by atoms with E-state index in [1.54, 1.807) is 12.4 Å². The lowest BCUT2D eigenvalue weighted by Gasteiger charge is -2.05. The van der Waals surface area contributed by atoms with Crippen molar-refractivity contribution in [1.82, 2.24) is 25.3 Å². The van der Waals surface area contributed by atoms with Crippen LogP contribution in [-0.2, 0) is 6.54 Å². The van der Waals surface area contributed by atoms with Crippen LogP contribution in [0.1, 0.15) is 21.9 Å². The van der Waals surface area contributed by atoms with E-state index in [-0.39, 0.29) is 18.1 Å². The van der Waals surface area contributed by atoms with Crippen LogP contribution in [0.5, 0.6) is 0 Å². The first-order valence-electron chi connectivity index (χ1n) is 5.53. The van der Waals surface area contributed by atoms with Crippen molar-refractivity contribution in [2.75, 3.05) is 5.43 Å². The maximum absolute atomic E-state index is 11.8. The Morgan fingerprint density at radius 2 is 2.11 bits per heavy atom. The Bertz CT molecular complexity index is 570. The summed E-state index contributed by atoms with van der Waals surface area (Å²) < 4.78 is 0. The number of hydrazine groups is 1. The SMILES string of the molecule is Cc1cnc(CNC(=O)c2cncc(NN)n2)cn1. The molecule has 19 heavy (non-hydrogen) atoms. The smallest absolute Gasteiger partial charge is 0.271 e. The van der Waals surface area contributed by atoms with Crippen LogP contribution >= 0.6 is 0 Å². The van der Waals surface area contributed by atoms with Crippen molar-refractivity contribution in [3.05, 3.63) is 41.9 Å². The summed E-state index contributed by atoms with van der Waals surface area (Å²) in [7, 11) is 0. The van der Waals surface area contributed by atoms with Crippen molar-refractivity contribution in [1.29, 1.82) is 0 Å². The summed E-state index contributed by atoms with van der Waals surface area (Å²) in [5.41, 5.74) is 3.99. The summed E-state index contributed by atoms with van der Waals surface area (Å²) in [4.78, 5) is 27.9. The fourth-order valence-corrected chi connectivity index (χ4v) is 1.32. The first-order chi connectivity index (χ1) is 9.19. The molecule has 0 aliphatic rings. The molecule has 8 heteroatoms. The molecular formula is C11H13N7O. The predicted molar refractivity (Wildman–Crippen MR) is 67.8 cm³/mol. The Labute approximate surface area is 109 Å². The minimum absolute atomic E-state index is 0.176. The molecule has 1 amide bonds. The average Bonchev–Trinajstić information content (AvgIpc) is 2.46. The van der Waals surface area contributed by atoms with Gasteiger partial charge in [-0.1, -0.05) is 0 Å². The summed E-state index contributed by atoms with van der Waals surface area (Å²) in [6.07, 6.45) is 6.03. The Morgan fingerprint density at radius 1 is 1.26 bits per heavy atom. The van der Waals surface area contributed by atoms with E-state index in [0.717, 1.165) is 5.69 Å². The molecule has 0 atom stereocenters. The normalized spacial score (nSPS) is 10.0. The van der Waals surface area contributed by atoms with Crippen molar-refractivity contribution in [2.24, 2.45) is 5.84 Å². The zero-order valence-electron chi connectivity index (χ0n) is 10.3. The van der Waals surface area contributed by atoms with E-state index in [1.807, 2.05) is 6.92 Å². The third kappa shape index (κ3) is 3.42. The van der Waals surface area contributed by atoms with Gasteiger partial charge in [-0.3, -0.25) is 19.7 Å². The van der Waals surface area contributed by atoms with Gasteiger partial charge in [-0.15, -0.1) is 0 Å². The molecule has 98 valence electrons. The number of rotatable bonds is 4. The fourth-order valence-electron chi connectivity index (χ4n) is 1.32. The monoisotopic (exact) mass is 259 g/mol. The minimum atomic E-state index is -0.355. The van der Waals surface area contributed by atoms with Crippen molar-refractivity contribution < 1.29 is 4.79 Å². The first kappa shape index (κ1) is 12.8. The van der Waals surface area contributed by atoms with E-state index < -0.39 is 0 Å². The number of hydrogen-bond donors (Lipinski definition) is 3. The summed E-state index contributed by atoms with van der Waals surface area (Å²) in [5.74, 6) is 5.16. The van der Waals surface area contributed by atoms with Crippen LogP contribution < -0.4 is 16.6 Å². The molecule has 0 unspecified atom stereocenters. The van der Waals surface area contributed by atoms with Crippen LogP contribution in [0, 0.1) is 6.92 Å². The summed E-state index contributed by atoms with van der Waals surface area (Å²) in [5, 5.41) is 2.67. The maximum Gasteiger partial charge on any atom is 0.271 e. The number of carbonyl (C=O) groups is 1. The molecule has 8 nitrogen and oxygen atoms in total. The van der Waals surface area contributed by atoms with Crippen molar-refractivity contribution >= 4 is 11.7 Å². The molecule has 0 saturated heterocycles. The number of nitrogen functional groups attached to an aromatic ring is 1. The molecule has 0 aliphatic heterocycles. The van der Waals surface area contributed by atoms with Gasteiger partial charge in [0.05, 0.1) is 36.5 Å². The third-order valence-electron chi connectivity index (χ3n) is 2.28. The lowest BCUT2D eigenvalue weighted by atomic mass is 10.3.